The second-order valence-electron chi connectivity index (χ2n) is 7.39. The number of nitrogens with zero attached hydrogens (tertiary/aromatic N) is 2. The van der Waals surface area contributed by atoms with Crippen LogP contribution in [0.25, 0.3) is 0 Å². The van der Waals surface area contributed by atoms with Crippen LogP contribution in [0.5, 0.6) is 0 Å². The molecule has 1 heterocycles. The van der Waals surface area contributed by atoms with E-state index in [1.54, 1.807) is 0 Å². The number of rotatable bonds is 2. The van der Waals surface area contributed by atoms with Gasteiger partial charge in [0.1, 0.15) is 17.3 Å². The quantitative estimate of drug-likeness (QED) is 0.814. The van der Waals surface area contributed by atoms with Crippen molar-refractivity contribution >= 4 is 17.4 Å². The van der Waals surface area contributed by atoms with Gasteiger partial charge in [0, 0.05) is 11.6 Å². The highest BCUT2D eigenvalue weighted by Gasteiger charge is 2.38. The minimum Gasteiger partial charge on any atom is -0.367 e. The van der Waals surface area contributed by atoms with E-state index in [1.807, 2.05) is 6.92 Å². The summed E-state index contributed by atoms with van der Waals surface area (Å²) < 4.78 is 0. The van der Waals surface area contributed by atoms with Gasteiger partial charge in [-0.3, -0.25) is 0 Å². The van der Waals surface area contributed by atoms with Gasteiger partial charge in [0.25, 0.3) is 0 Å². The summed E-state index contributed by atoms with van der Waals surface area (Å²) in [4.78, 5) is 8.33. The molecule has 1 aliphatic carbocycles. The predicted molar refractivity (Wildman–Crippen MR) is 80.6 cm³/mol. The molecular formula is C15H24ClN3. The van der Waals surface area contributed by atoms with Crippen LogP contribution in [0.2, 0.25) is 5.15 Å². The van der Waals surface area contributed by atoms with Crippen LogP contribution in [0.4, 0.5) is 5.82 Å². The van der Waals surface area contributed by atoms with Gasteiger partial charge < -0.3 is 5.32 Å². The van der Waals surface area contributed by atoms with Gasteiger partial charge in [-0.2, -0.15) is 0 Å². The molecule has 0 atom stereocenters. The first kappa shape index (κ1) is 14.6. The zero-order valence-corrected chi connectivity index (χ0v) is 13.3. The molecule has 0 spiro atoms. The molecule has 106 valence electrons. The first-order valence-electron chi connectivity index (χ1n) is 6.92. The average Bonchev–Trinajstić information content (AvgIpc) is 2.20. The normalized spacial score (nSPS) is 22.2. The van der Waals surface area contributed by atoms with E-state index in [-0.39, 0.29) is 0 Å². The van der Waals surface area contributed by atoms with Gasteiger partial charge in [0.05, 0.1) is 0 Å². The number of aromatic nitrogens is 2. The minimum atomic E-state index is 0.365. The SMILES string of the molecule is Cc1c(Cl)ncnc1NC1CC(C)(C)CC(C)(C)C1. The van der Waals surface area contributed by atoms with Gasteiger partial charge in [0.2, 0.25) is 0 Å². The van der Waals surface area contributed by atoms with E-state index < -0.39 is 0 Å². The molecule has 4 heteroatoms. The molecule has 2 rings (SSSR count). The molecule has 1 aliphatic rings. The fraction of sp³-hybridized carbons (Fsp3) is 0.733. The lowest BCUT2D eigenvalue weighted by Crippen LogP contribution is -2.40. The Morgan fingerprint density at radius 2 is 1.74 bits per heavy atom. The summed E-state index contributed by atoms with van der Waals surface area (Å²) >= 11 is 6.05. The summed E-state index contributed by atoms with van der Waals surface area (Å²) in [5, 5.41) is 4.10. The second kappa shape index (κ2) is 4.93. The summed E-state index contributed by atoms with van der Waals surface area (Å²) in [7, 11) is 0. The molecule has 0 amide bonds. The number of hydrogen-bond acceptors (Lipinski definition) is 3. The van der Waals surface area contributed by atoms with Crippen LogP contribution in [-0.4, -0.2) is 16.0 Å². The van der Waals surface area contributed by atoms with E-state index in [2.05, 4.69) is 43.0 Å². The number of nitrogens with one attached hydrogen (secondary N) is 1. The van der Waals surface area contributed by atoms with E-state index in [0.717, 1.165) is 24.2 Å². The highest BCUT2D eigenvalue weighted by Crippen LogP contribution is 2.46. The second-order valence-corrected chi connectivity index (χ2v) is 7.75. The van der Waals surface area contributed by atoms with Crippen LogP contribution in [0, 0.1) is 17.8 Å². The summed E-state index contributed by atoms with van der Waals surface area (Å²) in [5.41, 5.74) is 1.67. The molecule has 19 heavy (non-hydrogen) atoms. The van der Waals surface area contributed by atoms with Gasteiger partial charge in [0.15, 0.2) is 0 Å². The molecule has 1 aromatic rings. The van der Waals surface area contributed by atoms with Crippen molar-refractivity contribution in [1.29, 1.82) is 0 Å². The maximum absolute atomic E-state index is 6.05. The Kier molecular flexibility index (Phi) is 3.78. The third kappa shape index (κ3) is 3.59. The summed E-state index contributed by atoms with van der Waals surface area (Å²) in [6.07, 6.45) is 5.12. The van der Waals surface area contributed by atoms with E-state index in [1.165, 1.54) is 12.7 Å². The van der Waals surface area contributed by atoms with Crippen molar-refractivity contribution in [3.63, 3.8) is 0 Å². The Hall–Kier alpha value is -0.830. The molecule has 1 aromatic heterocycles. The lowest BCUT2D eigenvalue weighted by atomic mass is 9.63. The van der Waals surface area contributed by atoms with Crippen molar-refractivity contribution in [2.24, 2.45) is 10.8 Å². The standard InChI is InChI=1S/C15H24ClN3/c1-10-12(16)17-9-18-13(10)19-11-6-14(2,3)8-15(4,5)7-11/h9,11H,6-8H2,1-5H3,(H,17,18,19). The number of anilines is 1. The average molecular weight is 282 g/mol. The first-order chi connectivity index (χ1) is 8.69. The summed E-state index contributed by atoms with van der Waals surface area (Å²) in [5.74, 6) is 0.874. The lowest BCUT2D eigenvalue weighted by molar-refractivity contribution is 0.105. The fourth-order valence-electron chi connectivity index (χ4n) is 3.72. The molecule has 3 nitrogen and oxygen atoms in total. The van der Waals surface area contributed by atoms with Crippen LogP contribution in [0.15, 0.2) is 6.33 Å². The zero-order valence-electron chi connectivity index (χ0n) is 12.5. The van der Waals surface area contributed by atoms with Crippen molar-refractivity contribution in [1.82, 2.24) is 9.97 Å². The lowest BCUT2D eigenvalue weighted by Gasteiger charge is -2.45. The maximum Gasteiger partial charge on any atom is 0.137 e. The topological polar surface area (TPSA) is 37.8 Å². The van der Waals surface area contributed by atoms with Crippen molar-refractivity contribution in [2.75, 3.05) is 5.32 Å². The van der Waals surface area contributed by atoms with Gasteiger partial charge >= 0.3 is 0 Å². The monoisotopic (exact) mass is 281 g/mol. The Labute approximate surface area is 121 Å². The molecule has 1 fully saturated rings. The highest BCUT2D eigenvalue weighted by molar-refractivity contribution is 6.30. The van der Waals surface area contributed by atoms with Crippen LogP contribution >= 0.6 is 11.6 Å². The number of hydrogen-bond donors (Lipinski definition) is 1. The molecule has 0 aromatic carbocycles. The molecule has 0 radical (unpaired) electrons. The van der Waals surface area contributed by atoms with Gasteiger partial charge in [-0.1, -0.05) is 39.3 Å². The van der Waals surface area contributed by atoms with Crippen molar-refractivity contribution in [2.45, 2.75) is 59.9 Å². The van der Waals surface area contributed by atoms with E-state index in [4.69, 9.17) is 11.6 Å². The maximum atomic E-state index is 6.05. The zero-order chi connectivity index (χ0) is 14.3. The Morgan fingerprint density at radius 1 is 1.16 bits per heavy atom. The third-order valence-corrected chi connectivity index (χ3v) is 4.30. The highest BCUT2D eigenvalue weighted by atomic mass is 35.5. The molecule has 1 N–H and O–H groups in total. The first-order valence-corrected chi connectivity index (χ1v) is 7.30. The van der Waals surface area contributed by atoms with Crippen molar-refractivity contribution < 1.29 is 0 Å². The largest absolute Gasteiger partial charge is 0.367 e. The van der Waals surface area contributed by atoms with Gasteiger partial charge in [-0.15, -0.1) is 0 Å². The number of halogens is 1. The smallest absolute Gasteiger partial charge is 0.137 e. The third-order valence-electron chi connectivity index (χ3n) is 3.92. The Bertz CT molecular complexity index is 452. The molecule has 1 saturated carbocycles. The minimum absolute atomic E-state index is 0.365. The molecule has 0 aliphatic heterocycles. The molecular weight excluding hydrogens is 258 g/mol. The van der Waals surface area contributed by atoms with Gasteiger partial charge in [-0.05, 0) is 37.0 Å². The van der Waals surface area contributed by atoms with Crippen LogP contribution in [0.1, 0.15) is 52.5 Å². The summed E-state index contributed by atoms with van der Waals surface area (Å²) in [6, 6.07) is 0.448. The van der Waals surface area contributed by atoms with Crippen molar-refractivity contribution in [3.8, 4) is 0 Å². The van der Waals surface area contributed by atoms with Crippen LogP contribution in [-0.2, 0) is 0 Å². The molecule has 0 saturated heterocycles. The van der Waals surface area contributed by atoms with Crippen LogP contribution in [0.3, 0.4) is 0 Å². The molecule has 0 bridgehead atoms. The molecule has 0 unspecified atom stereocenters. The Morgan fingerprint density at radius 3 is 2.32 bits per heavy atom. The fourth-order valence-corrected chi connectivity index (χ4v) is 3.85. The van der Waals surface area contributed by atoms with E-state index in [0.29, 0.717) is 22.0 Å². The van der Waals surface area contributed by atoms with Crippen molar-refractivity contribution in [3.05, 3.63) is 17.0 Å². The van der Waals surface area contributed by atoms with Gasteiger partial charge in [-0.25, -0.2) is 9.97 Å². The van der Waals surface area contributed by atoms with Crippen LogP contribution < -0.4 is 5.32 Å². The Balaban J connectivity index is 2.16. The summed E-state index contributed by atoms with van der Waals surface area (Å²) in [6.45, 7) is 11.4. The van der Waals surface area contributed by atoms with E-state index in [9.17, 15) is 0 Å². The van der Waals surface area contributed by atoms with E-state index >= 15 is 0 Å². The predicted octanol–water partition coefficient (Wildman–Crippen LogP) is 4.46.